The maximum absolute atomic E-state index is 12.6. The summed E-state index contributed by atoms with van der Waals surface area (Å²) in [5, 5.41) is 9.03. The minimum atomic E-state index is -0.829. The van der Waals surface area contributed by atoms with Crippen LogP contribution in [0.4, 0.5) is 0 Å². The molecule has 1 amide bonds. The molecule has 21 heavy (non-hydrogen) atoms. The number of likely N-dealkylation sites (N-methyl/N-ethyl adjacent to an activating group) is 1. The monoisotopic (exact) mass is 297 g/mol. The summed E-state index contributed by atoms with van der Waals surface area (Å²) in [6.45, 7) is 3.53. The van der Waals surface area contributed by atoms with Gasteiger partial charge in [-0.15, -0.1) is 0 Å². The average molecular weight is 297 g/mol. The Balaban J connectivity index is 1.98. The summed E-state index contributed by atoms with van der Waals surface area (Å²) < 4.78 is 0. The molecule has 1 aliphatic carbocycles. The Morgan fingerprint density at radius 1 is 1.14 bits per heavy atom. The molecule has 1 N–H and O–H groups in total. The van der Waals surface area contributed by atoms with E-state index in [2.05, 4.69) is 16.8 Å². The number of hydrogen-bond donors (Lipinski definition) is 1. The number of hydrogen-bond acceptors (Lipinski definition) is 4. The van der Waals surface area contributed by atoms with E-state index in [0.717, 1.165) is 32.5 Å². The van der Waals surface area contributed by atoms with Crippen molar-refractivity contribution in [2.75, 3.05) is 47.3 Å². The van der Waals surface area contributed by atoms with Gasteiger partial charge in [0, 0.05) is 19.1 Å². The van der Waals surface area contributed by atoms with Gasteiger partial charge in [0.2, 0.25) is 5.91 Å². The van der Waals surface area contributed by atoms with Crippen molar-refractivity contribution in [3.05, 3.63) is 0 Å². The highest BCUT2D eigenvalue weighted by molar-refractivity contribution is 5.89. The molecule has 6 nitrogen and oxygen atoms in total. The predicted molar refractivity (Wildman–Crippen MR) is 80.0 cm³/mol. The largest absolute Gasteiger partial charge is 0.481 e. The van der Waals surface area contributed by atoms with Crippen molar-refractivity contribution in [3.63, 3.8) is 0 Å². The Bertz CT molecular complexity index is 392. The summed E-state index contributed by atoms with van der Waals surface area (Å²) >= 11 is 0. The zero-order valence-electron chi connectivity index (χ0n) is 13.3. The van der Waals surface area contributed by atoms with Crippen LogP contribution in [-0.2, 0) is 9.59 Å². The van der Waals surface area contributed by atoms with Crippen molar-refractivity contribution in [2.24, 2.45) is 11.8 Å². The lowest BCUT2D eigenvalue weighted by Crippen LogP contribution is -2.49. The lowest BCUT2D eigenvalue weighted by Gasteiger charge is -2.38. The van der Waals surface area contributed by atoms with Gasteiger partial charge >= 0.3 is 5.97 Å². The number of piperidine rings is 1. The molecule has 0 radical (unpaired) electrons. The molecule has 0 aromatic heterocycles. The summed E-state index contributed by atoms with van der Waals surface area (Å²) in [5.74, 6) is -1.52. The molecule has 1 aliphatic heterocycles. The second-order valence-electron chi connectivity index (χ2n) is 6.66. The summed E-state index contributed by atoms with van der Waals surface area (Å²) in [6.07, 6.45) is 2.49. The maximum Gasteiger partial charge on any atom is 0.307 e. The Kier molecular flexibility index (Phi) is 5.22. The highest BCUT2D eigenvalue weighted by Gasteiger charge is 2.50. The molecular weight excluding hydrogens is 270 g/mol. The van der Waals surface area contributed by atoms with Gasteiger partial charge in [0.25, 0.3) is 0 Å². The van der Waals surface area contributed by atoms with Gasteiger partial charge in [-0.25, -0.2) is 0 Å². The molecule has 0 bridgehead atoms. The van der Waals surface area contributed by atoms with Crippen LogP contribution in [0.15, 0.2) is 0 Å². The van der Waals surface area contributed by atoms with Crippen LogP contribution >= 0.6 is 0 Å². The van der Waals surface area contributed by atoms with Gasteiger partial charge in [-0.2, -0.15) is 0 Å². The lowest BCUT2D eigenvalue weighted by molar-refractivity contribution is -0.143. The second kappa shape index (κ2) is 6.75. The van der Waals surface area contributed by atoms with Gasteiger partial charge in [0.15, 0.2) is 0 Å². The van der Waals surface area contributed by atoms with Crippen LogP contribution in [0.2, 0.25) is 0 Å². The number of carboxylic acids is 1. The third-order valence-corrected chi connectivity index (χ3v) is 4.62. The summed E-state index contributed by atoms with van der Waals surface area (Å²) in [6, 6.07) is 0.267. The third kappa shape index (κ3) is 4.17. The lowest BCUT2D eigenvalue weighted by atomic mass is 10.0. The quantitative estimate of drug-likeness (QED) is 0.758. The van der Waals surface area contributed by atoms with Crippen molar-refractivity contribution in [1.82, 2.24) is 14.7 Å². The summed E-state index contributed by atoms with van der Waals surface area (Å²) in [4.78, 5) is 29.9. The number of carboxylic acid groups (broad SMARTS) is 1. The number of nitrogens with zero attached hydrogens (tertiary/aromatic N) is 3. The SMILES string of the molecule is CN(C)CCN(C(=O)[C@@H]1C[C@@H]1C(=O)O)C1CCN(C)CC1. The first kappa shape index (κ1) is 16.2. The number of likely N-dealkylation sites (tertiary alicyclic amines) is 1. The molecule has 0 spiro atoms. The normalized spacial score (nSPS) is 26.9. The Morgan fingerprint density at radius 3 is 2.24 bits per heavy atom. The molecule has 0 aromatic carbocycles. The molecule has 2 atom stereocenters. The molecule has 1 saturated carbocycles. The van der Waals surface area contributed by atoms with Crippen LogP contribution in [0.1, 0.15) is 19.3 Å². The first-order valence-corrected chi connectivity index (χ1v) is 7.76. The third-order valence-electron chi connectivity index (χ3n) is 4.62. The van der Waals surface area contributed by atoms with E-state index in [1.165, 1.54) is 0 Å². The minimum absolute atomic E-state index is 0.0544. The molecule has 0 aromatic rings. The molecular formula is C15H27N3O3. The van der Waals surface area contributed by atoms with Crippen molar-refractivity contribution in [2.45, 2.75) is 25.3 Å². The Labute approximate surface area is 126 Å². The summed E-state index contributed by atoms with van der Waals surface area (Å²) in [7, 11) is 6.09. The van der Waals surface area contributed by atoms with Crippen LogP contribution in [0.25, 0.3) is 0 Å². The van der Waals surface area contributed by atoms with E-state index in [1.54, 1.807) is 0 Å². The fraction of sp³-hybridized carbons (Fsp3) is 0.867. The highest BCUT2D eigenvalue weighted by Crippen LogP contribution is 2.40. The van der Waals surface area contributed by atoms with E-state index in [-0.39, 0.29) is 17.9 Å². The standard InChI is InChI=1S/C15H27N3O3/c1-16(2)8-9-18(11-4-6-17(3)7-5-11)14(19)12-10-13(12)15(20)21/h11-13H,4-10H2,1-3H3,(H,20,21)/t12-,13+/m1/s1. The van der Waals surface area contributed by atoms with Crippen LogP contribution in [0, 0.1) is 11.8 Å². The molecule has 1 saturated heterocycles. The zero-order valence-corrected chi connectivity index (χ0v) is 13.3. The molecule has 2 rings (SSSR count). The first-order valence-electron chi connectivity index (χ1n) is 7.76. The highest BCUT2D eigenvalue weighted by atomic mass is 16.4. The number of aliphatic carboxylic acids is 1. The molecule has 2 aliphatic rings. The van der Waals surface area contributed by atoms with E-state index in [9.17, 15) is 9.59 Å². The number of carbonyl (C=O) groups is 2. The van der Waals surface area contributed by atoms with Crippen LogP contribution in [0.3, 0.4) is 0 Å². The fourth-order valence-corrected chi connectivity index (χ4v) is 3.04. The maximum atomic E-state index is 12.6. The van der Waals surface area contributed by atoms with E-state index < -0.39 is 11.9 Å². The van der Waals surface area contributed by atoms with Crippen molar-refractivity contribution in [3.8, 4) is 0 Å². The van der Waals surface area contributed by atoms with Crippen molar-refractivity contribution < 1.29 is 14.7 Å². The van der Waals surface area contributed by atoms with E-state index >= 15 is 0 Å². The predicted octanol–water partition coefficient (Wildman–Crippen LogP) is 0.192. The average Bonchev–Trinajstić information content (AvgIpc) is 3.20. The van der Waals surface area contributed by atoms with E-state index in [4.69, 9.17) is 5.11 Å². The number of rotatable bonds is 6. The number of carbonyl (C=O) groups excluding carboxylic acids is 1. The van der Waals surface area contributed by atoms with Gasteiger partial charge in [-0.1, -0.05) is 0 Å². The molecule has 1 heterocycles. The minimum Gasteiger partial charge on any atom is -0.481 e. The molecule has 120 valence electrons. The first-order chi connectivity index (χ1) is 9.90. The van der Waals surface area contributed by atoms with Crippen LogP contribution < -0.4 is 0 Å². The number of amides is 1. The Hall–Kier alpha value is -1.14. The van der Waals surface area contributed by atoms with Gasteiger partial charge < -0.3 is 19.8 Å². The van der Waals surface area contributed by atoms with Gasteiger partial charge in [-0.05, 0) is 53.5 Å². The van der Waals surface area contributed by atoms with Gasteiger partial charge in [-0.3, -0.25) is 9.59 Å². The second-order valence-corrected chi connectivity index (χ2v) is 6.66. The summed E-state index contributed by atoms with van der Waals surface area (Å²) in [5.41, 5.74) is 0. The fourth-order valence-electron chi connectivity index (χ4n) is 3.04. The smallest absolute Gasteiger partial charge is 0.307 e. The van der Waals surface area contributed by atoms with Crippen LogP contribution in [0.5, 0.6) is 0 Å². The van der Waals surface area contributed by atoms with Crippen LogP contribution in [-0.4, -0.2) is 85.0 Å². The topological polar surface area (TPSA) is 64.1 Å². The Morgan fingerprint density at radius 2 is 1.76 bits per heavy atom. The van der Waals surface area contributed by atoms with E-state index in [1.807, 2.05) is 19.0 Å². The molecule has 2 fully saturated rings. The zero-order chi connectivity index (χ0) is 15.6. The van der Waals surface area contributed by atoms with Gasteiger partial charge in [0.05, 0.1) is 11.8 Å². The van der Waals surface area contributed by atoms with Crippen molar-refractivity contribution >= 4 is 11.9 Å². The van der Waals surface area contributed by atoms with Gasteiger partial charge in [0.1, 0.15) is 0 Å². The van der Waals surface area contributed by atoms with Crippen molar-refractivity contribution in [1.29, 1.82) is 0 Å². The molecule has 0 unspecified atom stereocenters. The molecule has 6 heteroatoms. The van der Waals surface area contributed by atoms with E-state index in [0.29, 0.717) is 13.0 Å².